The normalized spacial score (nSPS) is 21.8. The van der Waals surface area contributed by atoms with Gasteiger partial charge in [-0.3, -0.25) is 9.59 Å². The van der Waals surface area contributed by atoms with Gasteiger partial charge in [0.05, 0.1) is 0 Å². The van der Waals surface area contributed by atoms with E-state index in [0.29, 0.717) is 12.0 Å². The predicted octanol–water partition coefficient (Wildman–Crippen LogP) is 0.684. The van der Waals surface area contributed by atoms with Crippen LogP contribution in [-0.4, -0.2) is 30.1 Å². The zero-order valence-electron chi connectivity index (χ0n) is 8.03. The van der Waals surface area contributed by atoms with Crippen LogP contribution in [0.15, 0.2) is 11.6 Å². The van der Waals surface area contributed by atoms with Crippen LogP contribution in [0.1, 0.15) is 20.3 Å². The van der Waals surface area contributed by atoms with Crippen molar-refractivity contribution < 1.29 is 14.3 Å². The molecule has 1 atom stereocenters. The van der Waals surface area contributed by atoms with E-state index in [1.807, 2.05) is 0 Å². The van der Waals surface area contributed by atoms with E-state index in [2.05, 4.69) is 0 Å². The van der Waals surface area contributed by atoms with Gasteiger partial charge in [-0.05, 0) is 13.0 Å². The number of carbonyl (C=O) groups excluding carboxylic acids is 2. The summed E-state index contributed by atoms with van der Waals surface area (Å²) >= 11 is 0. The number of rotatable bonds is 2. The summed E-state index contributed by atoms with van der Waals surface area (Å²) in [6, 6.07) is 0. The fraction of sp³-hybridized carbons (Fsp3) is 0.556. The second-order valence-electron chi connectivity index (χ2n) is 3.00. The molecule has 0 aromatic heterocycles. The Morgan fingerprint density at radius 2 is 2.31 bits per heavy atom. The van der Waals surface area contributed by atoms with Crippen molar-refractivity contribution in [2.75, 3.05) is 7.05 Å². The molecule has 72 valence electrons. The Bertz CT molecular complexity index is 270. The number of carbonyl (C=O) groups is 2. The zero-order valence-corrected chi connectivity index (χ0v) is 8.03. The van der Waals surface area contributed by atoms with Crippen molar-refractivity contribution in [2.45, 2.75) is 26.5 Å². The highest BCUT2D eigenvalue weighted by atomic mass is 16.6. The molecule has 0 fully saturated rings. The lowest BCUT2D eigenvalue weighted by Crippen LogP contribution is -2.33. The van der Waals surface area contributed by atoms with Crippen molar-refractivity contribution in [3.05, 3.63) is 11.6 Å². The summed E-state index contributed by atoms with van der Waals surface area (Å²) in [6.07, 6.45) is 1.46. The first-order chi connectivity index (χ1) is 6.06. The minimum atomic E-state index is -0.514. The van der Waals surface area contributed by atoms with Crippen LogP contribution in [0, 0.1) is 0 Å². The maximum Gasteiger partial charge on any atom is 0.307 e. The molecule has 1 aliphatic heterocycles. The number of hydrogen-bond acceptors (Lipinski definition) is 3. The van der Waals surface area contributed by atoms with Gasteiger partial charge in [-0.25, -0.2) is 0 Å². The van der Waals surface area contributed by atoms with Gasteiger partial charge in [-0.15, -0.1) is 0 Å². The molecule has 0 aromatic carbocycles. The Kier molecular flexibility index (Phi) is 2.70. The van der Waals surface area contributed by atoms with Crippen molar-refractivity contribution in [3.63, 3.8) is 0 Å². The van der Waals surface area contributed by atoms with Gasteiger partial charge in [0.15, 0.2) is 6.23 Å². The summed E-state index contributed by atoms with van der Waals surface area (Å²) in [4.78, 5) is 23.6. The van der Waals surface area contributed by atoms with Crippen LogP contribution in [0.4, 0.5) is 0 Å². The van der Waals surface area contributed by atoms with E-state index in [0.717, 1.165) is 0 Å². The van der Waals surface area contributed by atoms with Crippen LogP contribution in [0.3, 0.4) is 0 Å². The lowest BCUT2D eigenvalue weighted by atomic mass is 10.3. The van der Waals surface area contributed by atoms with Gasteiger partial charge in [0.1, 0.15) is 0 Å². The van der Waals surface area contributed by atoms with Gasteiger partial charge in [0.25, 0.3) is 5.91 Å². The molecular formula is C9H13NO3. The summed E-state index contributed by atoms with van der Waals surface area (Å²) in [5.74, 6) is -0.385. The second-order valence-corrected chi connectivity index (χ2v) is 3.00. The Hall–Kier alpha value is -1.32. The highest BCUT2D eigenvalue weighted by Gasteiger charge is 2.28. The maximum atomic E-state index is 11.3. The smallest absolute Gasteiger partial charge is 0.307 e. The molecule has 1 unspecified atom stereocenters. The van der Waals surface area contributed by atoms with E-state index in [9.17, 15) is 9.59 Å². The average molecular weight is 183 g/mol. The molecule has 0 aliphatic carbocycles. The van der Waals surface area contributed by atoms with Gasteiger partial charge in [0.2, 0.25) is 0 Å². The number of nitrogens with zero attached hydrogens (tertiary/aromatic N) is 1. The lowest BCUT2D eigenvalue weighted by molar-refractivity contribution is -0.155. The van der Waals surface area contributed by atoms with Crippen LogP contribution in [0.25, 0.3) is 0 Å². The predicted molar refractivity (Wildman–Crippen MR) is 46.7 cm³/mol. The molecule has 0 aromatic rings. The Morgan fingerprint density at radius 3 is 2.69 bits per heavy atom. The van der Waals surface area contributed by atoms with Crippen molar-refractivity contribution in [2.24, 2.45) is 0 Å². The number of hydrogen-bond donors (Lipinski definition) is 0. The third-order valence-electron chi connectivity index (χ3n) is 1.97. The largest absolute Gasteiger partial charge is 0.438 e. The van der Waals surface area contributed by atoms with Gasteiger partial charge in [-0.2, -0.15) is 0 Å². The van der Waals surface area contributed by atoms with Crippen molar-refractivity contribution in [3.8, 4) is 0 Å². The number of ether oxygens (including phenoxy) is 1. The summed E-state index contributed by atoms with van der Waals surface area (Å²) in [5.41, 5.74) is 0.622. The number of esters is 1. The highest BCUT2D eigenvalue weighted by molar-refractivity contribution is 5.95. The molecule has 4 heteroatoms. The van der Waals surface area contributed by atoms with Crippen LogP contribution in [0.2, 0.25) is 0 Å². The van der Waals surface area contributed by atoms with Crippen LogP contribution in [-0.2, 0) is 14.3 Å². The molecule has 0 saturated carbocycles. The summed E-state index contributed by atoms with van der Waals surface area (Å²) < 4.78 is 5.00. The fourth-order valence-corrected chi connectivity index (χ4v) is 1.12. The summed E-state index contributed by atoms with van der Waals surface area (Å²) in [5, 5.41) is 0. The van der Waals surface area contributed by atoms with E-state index < -0.39 is 6.23 Å². The third kappa shape index (κ3) is 1.88. The lowest BCUT2D eigenvalue weighted by Gasteiger charge is -2.19. The minimum Gasteiger partial charge on any atom is -0.438 e. The van der Waals surface area contributed by atoms with Crippen molar-refractivity contribution in [1.82, 2.24) is 4.90 Å². The quantitative estimate of drug-likeness (QED) is 0.591. The second kappa shape index (κ2) is 3.60. The molecule has 0 bridgehead atoms. The van der Waals surface area contributed by atoms with Crippen LogP contribution in [0.5, 0.6) is 0 Å². The molecule has 1 heterocycles. The first kappa shape index (κ1) is 9.77. The standard InChI is InChI=1S/C9H13NO3/c1-4-8(11)13-7-5-6(2)9(12)10(7)3/h5,7H,4H2,1-3H3. The first-order valence-electron chi connectivity index (χ1n) is 4.21. The van der Waals surface area contributed by atoms with Gasteiger partial charge >= 0.3 is 5.97 Å². The van der Waals surface area contributed by atoms with Gasteiger partial charge < -0.3 is 9.64 Å². The Morgan fingerprint density at radius 1 is 1.69 bits per heavy atom. The minimum absolute atomic E-state index is 0.0890. The molecule has 0 saturated heterocycles. The monoisotopic (exact) mass is 183 g/mol. The molecule has 1 amide bonds. The molecule has 0 spiro atoms. The molecular weight excluding hydrogens is 170 g/mol. The molecule has 0 N–H and O–H groups in total. The number of likely N-dealkylation sites (N-methyl/N-ethyl adjacent to an activating group) is 1. The molecule has 1 aliphatic rings. The average Bonchev–Trinajstić information content (AvgIpc) is 2.34. The van der Waals surface area contributed by atoms with E-state index >= 15 is 0 Å². The van der Waals surface area contributed by atoms with E-state index in [-0.39, 0.29) is 11.9 Å². The molecule has 1 rings (SSSR count). The van der Waals surface area contributed by atoms with Crippen LogP contribution < -0.4 is 0 Å². The van der Waals surface area contributed by atoms with Crippen molar-refractivity contribution >= 4 is 11.9 Å². The van der Waals surface area contributed by atoms with E-state index in [1.54, 1.807) is 27.0 Å². The molecule has 0 radical (unpaired) electrons. The topological polar surface area (TPSA) is 46.6 Å². The third-order valence-corrected chi connectivity index (χ3v) is 1.97. The van der Waals surface area contributed by atoms with E-state index in [4.69, 9.17) is 4.74 Å². The van der Waals surface area contributed by atoms with Crippen LogP contribution >= 0.6 is 0 Å². The summed E-state index contributed by atoms with van der Waals surface area (Å²) in [7, 11) is 1.61. The molecule has 4 nitrogen and oxygen atoms in total. The highest BCUT2D eigenvalue weighted by Crippen LogP contribution is 2.16. The Labute approximate surface area is 77.2 Å². The maximum absolute atomic E-state index is 11.3. The SMILES string of the molecule is CCC(=O)OC1C=C(C)C(=O)N1C. The van der Waals surface area contributed by atoms with Crippen molar-refractivity contribution in [1.29, 1.82) is 0 Å². The molecule has 13 heavy (non-hydrogen) atoms. The van der Waals surface area contributed by atoms with E-state index in [1.165, 1.54) is 4.90 Å². The summed E-state index contributed by atoms with van der Waals surface area (Å²) in [6.45, 7) is 3.42. The zero-order chi connectivity index (χ0) is 10.0. The Balaban J connectivity index is 2.63. The fourth-order valence-electron chi connectivity index (χ4n) is 1.12. The van der Waals surface area contributed by atoms with Gasteiger partial charge in [0, 0.05) is 19.0 Å². The van der Waals surface area contributed by atoms with Gasteiger partial charge in [-0.1, -0.05) is 6.92 Å². The number of amides is 1. The first-order valence-corrected chi connectivity index (χ1v) is 4.21.